The first-order chi connectivity index (χ1) is 15.8. The van der Waals surface area contributed by atoms with E-state index in [0.717, 1.165) is 28.2 Å². The summed E-state index contributed by atoms with van der Waals surface area (Å²) in [5, 5.41) is 3.03. The van der Waals surface area contributed by atoms with Crippen molar-refractivity contribution in [1.29, 1.82) is 0 Å². The van der Waals surface area contributed by atoms with E-state index in [1.165, 1.54) is 0 Å². The van der Waals surface area contributed by atoms with E-state index >= 15 is 0 Å². The number of nitrogens with zero attached hydrogens (tertiary/aromatic N) is 1. The van der Waals surface area contributed by atoms with Crippen molar-refractivity contribution >= 4 is 11.8 Å². The molecular formula is C28H32N2O3. The molecule has 0 aliphatic carbocycles. The lowest BCUT2D eigenvalue weighted by Crippen LogP contribution is -2.38. The first-order valence-corrected chi connectivity index (χ1v) is 11.1. The number of ether oxygens (including phenoxy) is 2. The smallest absolute Gasteiger partial charge is 0.408 e. The van der Waals surface area contributed by atoms with Crippen molar-refractivity contribution in [2.45, 2.75) is 45.4 Å². The third kappa shape index (κ3) is 6.94. The molecule has 3 rings (SSSR count). The number of carbonyl (C=O) groups excluding carboxylic acids is 1. The van der Waals surface area contributed by atoms with Crippen LogP contribution < -0.4 is 10.1 Å². The van der Waals surface area contributed by atoms with Gasteiger partial charge in [-0.2, -0.15) is 0 Å². The monoisotopic (exact) mass is 444 g/mol. The summed E-state index contributed by atoms with van der Waals surface area (Å²) in [7, 11) is 1.63. The molecule has 0 bridgehead atoms. The second kappa shape index (κ2) is 10.8. The second-order valence-corrected chi connectivity index (χ2v) is 8.85. The molecule has 2 unspecified atom stereocenters. The first kappa shape index (κ1) is 24.1. The van der Waals surface area contributed by atoms with Crippen molar-refractivity contribution in [1.82, 2.24) is 5.32 Å². The lowest BCUT2D eigenvalue weighted by atomic mass is 9.98. The quantitative estimate of drug-likeness (QED) is 0.442. The predicted molar refractivity (Wildman–Crippen MR) is 133 cm³/mol. The fraction of sp³-hybridized carbons (Fsp3) is 0.286. The maximum absolute atomic E-state index is 12.7. The zero-order valence-electron chi connectivity index (χ0n) is 19.9. The highest BCUT2D eigenvalue weighted by Crippen LogP contribution is 2.24. The standard InChI is InChI=1S/C28H32N2O3/c1-20(29-26(21-12-8-6-9-13-21)22-14-10-7-11-15-22)25(30-27(31)33-28(2,3)4)23-16-18-24(32-5)19-17-23/h6-20,25H,1-5H3,(H,30,31). The van der Waals surface area contributed by atoms with Gasteiger partial charge in [-0.3, -0.25) is 4.99 Å². The predicted octanol–water partition coefficient (Wildman–Crippen LogP) is 6.19. The first-order valence-electron chi connectivity index (χ1n) is 11.1. The molecule has 3 aromatic rings. The van der Waals surface area contributed by atoms with E-state index in [1.807, 2.05) is 113 Å². The lowest BCUT2D eigenvalue weighted by molar-refractivity contribution is 0.0497. The normalized spacial score (nSPS) is 12.9. The van der Waals surface area contributed by atoms with Crippen molar-refractivity contribution in [2.24, 2.45) is 4.99 Å². The van der Waals surface area contributed by atoms with Crippen LogP contribution in [0.25, 0.3) is 0 Å². The average molecular weight is 445 g/mol. The number of nitrogens with one attached hydrogen (secondary N) is 1. The maximum Gasteiger partial charge on any atom is 0.408 e. The summed E-state index contributed by atoms with van der Waals surface area (Å²) < 4.78 is 10.8. The number of amides is 1. The molecule has 0 aliphatic heterocycles. The zero-order chi connectivity index (χ0) is 23.8. The number of hydrogen-bond donors (Lipinski definition) is 1. The van der Waals surface area contributed by atoms with Gasteiger partial charge in [0.05, 0.1) is 24.9 Å². The van der Waals surface area contributed by atoms with Crippen LogP contribution in [0.5, 0.6) is 5.75 Å². The molecule has 0 radical (unpaired) electrons. The number of hydrogen-bond acceptors (Lipinski definition) is 4. The lowest BCUT2D eigenvalue weighted by Gasteiger charge is -2.27. The minimum absolute atomic E-state index is 0.277. The fourth-order valence-corrected chi connectivity index (χ4v) is 3.51. The summed E-state index contributed by atoms with van der Waals surface area (Å²) in [5.74, 6) is 0.750. The van der Waals surface area contributed by atoms with Crippen LogP contribution >= 0.6 is 0 Å². The van der Waals surface area contributed by atoms with Gasteiger partial charge in [0.1, 0.15) is 11.4 Å². The van der Waals surface area contributed by atoms with Crippen LogP contribution in [0.3, 0.4) is 0 Å². The van der Waals surface area contributed by atoms with Crippen LogP contribution in [0.2, 0.25) is 0 Å². The molecular weight excluding hydrogens is 412 g/mol. The van der Waals surface area contributed by atoms with Gasteiger partial charge in [-0.1, -0.05) is 72.8 Å². The molecule has 5 heteroatoms. The molecule has 5 nitrogen and oxygen atoms in total. The Labute approximate surface area is 196 Å². The van der Waals surface area contributed by atoms with E-state index in [4.69, 9.17) is 14.5 Å². The van der Waals surface area contributed by atoms with E-state index in [1.54, 1.807) is 7.11 Å². The Morgan fingerprint density at radius 1 is 0.848 bits per heavy atom. The molecule has 172 valence electrons. The van der Waals surface area contributed by atoms with Crippen LogP contribution in [0.1, 0.15) is 50.4 Å². The van der Waals surface area contributed by atoms with Crippen molar-refractivity contribution in [3.05, 3.63) is 102 Å². The van der Waals surface area contributed by atoms with Gasteiger partial charge < -0.3 is 14.8 Å². The molecule has 1 amide bonds. The molecule has 2 atom stereocenters. The van der Waals surface area contributed by atoms with E-state index in [2.05, 4.69) is 5.32 Å². The summed E-state index contributed by atoms with van der Waals surface area (Å²) in [6.45, 7) is 7.54. The van der Waals surface area contributed by atoms with Crippen LogP contribution in [-0.2, 0) is 4.74 Å². The molecule has 33 heavy (non-hydrogen) atoms. The van der Waals surface area contributed by atoms with Crippen molar-refractivity contribution in [2.75, 3.05) is 7.11 Å². The number of methoxy groups -OCH3 is 1. The number of alkyl carbamates (subject to hydrolysis) is 1. The molecule has 0 heterocycles. The molecule has 0 saturated heterocycles. The third-order valence-corrected chi connectivity index (χ3v) is 5.06. The van der Waals surface area contributed by atoms with E-state index in [-0.39, 0.29) is 6.04 Å². The van der Waals surface area contributed by atoms with Gasteiger partial charge in [0.25, 0.3) is 0 Å². The van der Waals surface area contributed by atoms with Crippen LogP contribution in [0, 0.1) is 0 Å². The Bertz CT molecular complexity index is 1010. The SMILES string of the molecule is COc1ccc(C(NC(=O)OC(C)(C)C)C(C)N=C(c2ccccc2)c2ccccc2)cc1. The van der Waals surface area contributed by atoms with Crippen LogP contribution in [0.4, 0.5) is 4.79 Å². The third-order valence-electron chi connectivity index (χ3n) is 5.06. The molecule has 0 fully saturated rings. The topological polar surface area (TPSA) is 59.9 Å². The van der Waals surface area contributed by atoms with E-state index in [9.17, 15) is 4.79 Å². The molecule has 0 saturated carbocycles. The fourth-order valence-electron chi connectivity index (χ4n) is 3.51. The van der Waals surface area contributed by atoms with Crippen molar-refractivity contribution in [3.8, 4) is 5.75 Å². The minimum atomic E-state index is -0.597. The van der Waals surface area contributed by atoms with Gasteiger partial charge in [-0.15, -0.1) is 0 Å². The number of carbonyl (C=O) groups is 1. The number of rotatable bonds is 7. The highest BCUT2D eigenvalue weighted by molar-refractivity contribution is 6.13. The van der Waals surface area contributed by atoms with Crippen LogP contribution in [-0.4, -0.2) is 30.6 Å². The van der Waals surface area contributed by atoms with E-state index in [0.29, 0.717) is 0 Å². The van der Waals surface area contributed by atoms with Crippen molar-refractivity contribution < 1.29 is 14.3 Å². The Balaban J connectivity index is 2.01. The molecule has 3 aromatic carbocycles. The number of benzene rings is 3. The van der Waals surface area contributed by atoms with Gasteiger partial charge in [-0.25, -0.2) is 4.79 Å². The Morgan fingerprint density at radius 3 is 1.82 bits per heavy atom. The maximum atomic E-state index is 12.7. The zero-order valence-corrected chi connectivity index (χ0v) is 19.9. The summed E-state index contributed by atoms with van der Waals surface area (Å²) in [4.78, 5) is 17.8. The van der Waals surface area contributed by atoms with Crippen LogP contribution in [0.15, 0.2) is 89.9 Å². The molecule has 0 spiro atoms. The second-order valence-electron chi connectivity index (χ2n) is 8.85. The summed E-state index contributed by atoms with van der Waals surface area (Å²) >= 11 is 0. The Kier molecular flexibility index (Phi) is 7.88. The average Bonchev–Trinajstić information content (AvgIpc) is 2.81. The van der Waals surface area contributed by atoms with E-state index < -0.39 is 17.7 Å². The molecule has 1 N–H and O–H groups in total. The van der Waals surface area contributed by atoms with Crippen molar-refractivity contribution in [3.63, 3.8) is 0 Å². The van der Waals surface area contributed by atoms with Gasteiger partial charge >= 0.3 is 6.09 Å². The summed E-state index contributed by atoms with van der Waals surface area (Å²) in [5.41, 5.74) is 3.22. The largest absolute Gasteiger partial charge is 0.497 e. The highest BCUT2D eigenvalue weighted by Gasteiger charge is 2.25. The molecule has 0 aliphatic rings. The summed E-state index contributed by atoms with van der Waals surface area (Å²) in [6.07, 6.45) is -0.480. The van der Waals surface area contributed by atoms with Gasteiger partial charge in [0.15, 0.2) is 0 Å². The Morgan fingerprint density at radius 2 is 1.36 bits per heavy atom. The number of aliphatic imine (C=N–C) groups is 1. The van der Waals surface area contributed by atoms with Gasteiger partial charge in [0, 0.05) is 11.1 Å². The minimum Gasteiger partial charge on any atom is -0.497 e. The van der Waals surface area contributed by atoms with Gasteiger partial charge in [-0.05, 0) is 45.4 Å². The Hall–Kier alpha value is -3.60. The molecule has 0 aromatic heterocycles. The highest BCUT2D eigenvalue weighted by atomic mass is 16.6. The summed E-state index contributed by atoms with van der Waals surface area (Å²) in [6, 6.07) is 27.1. The van der Waals surface area contributed by atoms with Gasteiger partial charge in [0.2, 0.25) is 0 Å².